The van der Waals surface area contributed by atoms with Gasteiger partial charge in [0, 0.05) is 30.3 Å². The average Bonchev–Trinajstić information content (AvgIpc) is 3.36. The molecular formula is C20H23N3O2. The topological polar surface area (TPSA) is 76.3 Å². The number of primary amides is 1. The summed E-state index contributed by atoms with van der Waals surface area (Å²) in [6.45, 7) is 3.60. The number of hydrogen-bond donors (Lipinski definition) is 1. The predicted octanol–water partition coefficient (Wildman–Crippen LogP) is 2.70. The van der Waals surface area contributed by atoms with Gasteiger partial charge in [0.25, 0.3) is 5.91 Å². The Morgan fingerprint density at radius 2 is 1.88 bits per heavy atom. The summed E-state index contributed by atoms with van der Waals surface area (Å²) in [7, 11) is 0. The Bertz CT molecular complexity index is 840. The Kier molecular flexibility index (Phi) is 3.94. The number of carbonyl (C=O) groups excluding carboxylic acids is 2. The lowest BCUT2D eigenvalue weighted by molar-refractivity contribution is -0.133. The van der Waals surface area contributed by atoms with Crippen LogP contribution in [0.5, 0.6) is 0 Å². The van der Waals surface area contributed by atoms with Crippen LogP contribution in [0.3, 0.4) is 0 Å². The van der Waals surface area contributed by atoms with Crippen molar-refractivity contribution in [2.24, 2.45) is 17.6 Å². The first-order valence-electron chi connectivity index (χ1n) is 9.03. The van der Waals surface area contributed by atoms with Crippen LogP contribution in [0.15, 0.2) is 30.3 Å². The van der Waals surface area contributed by atoms with Gasteiger partial charge in [-0.1, -0.05) is 25.1 Å². The van der Waals surface area contributed by atoms with Crippen LogP contribution < -0.4 is 5.73 Å². The lowest BCUT2D eigenvalue weighted by Crippen LogP contribution is -2.39. The molecule has 2 aromatic rings. The average molecular weight is 337 g/mol. The summed E-state index contributed by atoms with van der Waals surface area (Å²) in [6.07, 6.45) is 2.69. The van der Waals surface area contributed by atoms with E-state index in [1.54, 1.807) is 0 Å². The molecular weight excluding hydrogens is 314 g/mol. The molecule has 1 aromatic carbocycles. The third-order valence-corrected chi connectivity index (χ3v) is 5.64. The summed E-state index contributed by atoms with van der Waals surface area (Å²) in [6, 6.07) is 9.62. The first-order chi connectivity index (χ1) is 12.0. The van der Waals surface area contributed by atoms with Crippen LogP contribution >= 0.6 is 0 Å². The molecule has 0 unspecified atom stereocenters. The van der Waals surface area contributed by atoms with Crippen molar-refractivity contribution >= 4 is 22.7 Å². The van der Waals surface area contributed by atoms with Crippen LogP contribution in [0.1, 0.15) is 48.2 Å². The second-order valence-corrected chi connectivity index (χ2v) is 7.40. The smallest absolute Gasteiger partial charge is 0.250 e. The third-order valence-electron chi connectivity index (χ3n) is 5.64. The molecule has 0 radical (unpaired) electrons. The first kappa shape index (κ1) is 16.1. The zero-order chi connectivity index (χ0) is 17.6. The summed E-state index contributed by atoms with van der Waals surface area (Å²) in [5.74, 6) is 0.809. The fraction of sp³-hybridized carbons (Fsp3) is 0.450. The molecule has 0 spiro atoms. The van der Waals surface area contributed by atoms with E-state index in [1.807, 2.05) is 35.2 Å². The number of fused-ring (bicyclic) bond motifs is 1. The molecule has 1 saturated heterocycles. The number of nitrogens with two attached hydrogens (primary N) is 1. The third kappa shape index (κ3) is 2.99. The molecule has 5 nitrogen and oxygen atoms in total. The number of para-hydroxylation sites is 1. The lowest BCUT2D eigenvalue weighted by Gasteiger charge is -2.32. The standard InChI is InChI=1S/C20H23N3O2/c1-12-10-15(12)20(25)23-8-6-13(7-9-23)18-16(19(21)24)11-14-4-2-3-5-17(14)22-18/h2-5,11-13,15H,6-10H2,1H3,(H2,21,24)/t12-,15-/m0/s1. The maximum absolute atomic E-state index is 12.4. The number of hydrogen-bond acceptors (Lipinski definition) is 3. The number of nitrogens with zero attached hydrogens (tertiary/aromatic N) is 2. The van der Waals surface area contributed by atoms with E-state index in [4.69, 9.17) is 10.7 Å². The number of benzene rings is 1. The highest BCUT2D eigenvalue weighted by molar-refractivity contribution is 5.97. The monoisotopic (exact) mass is 337 g/mol. The van der Waals surface area contributed by atoms with Gasteiger partial charge < -0.3 is 10.6 Å². The zero-order valence-electron chi connectivity index (χ0n) is 14.4. The van der Waals surface area contributed by atoms with Gasteiger partial charge in [-0.2, -0.15) is 0 Å². The number of pyridine rings is 1. The Morgan fingerprint density at radius 3 is 2.52 bits per heavy atom. The summed E-state index contributed by atoms with van der Waals surface area (Å²) < 4.78 is 0. The number of amides is 2. The largest absolute Gasteiger partial charge is 0.366 e. The van der Waals surface area contributed by atoms with E-state index < -0.39 is 5.91 Å². The molecule has 4 rings (SSSR count). The fourth-order valence-electron chi connectivity index (χ4n) is 3.91. The number of carbonyl (C=O) groups is 2. The van der Waals surface area contributed by atoms with E-state index in [-0.39, 0.29) is 11.8 Å². The molecule has 130 valence electrons. The minimum atomic E-state index is -0.432. The SMILES string of the molecule is C[C@H]1C[C@@H]1C(=O)N1CCC(c2nc3ccccc3cc2C(N)=O)CC1. The molecule has 1 aliphatic heterocycles. The summed E-state index contributed by atoms with van der Waals surface area (Å²) in [4.78, 5) is 31.1. The normalized spacial score (nSPS) is 23.6. The van der Waals surface area contributed by atoms with Gasteiger partial charge in [-0.15, -0.1) is 0 Å². The fourth-order valence-corrected chi connectivity index (χ4v) is 3.91. The van der Waals surface area contributed by atoms with Gasteiger partial charge in [0.15, 0.2) is 0 Å². The quantitative estimate of drug-likeness (QED) is 0.935. The molecule has 0 bridgehead atoms. The Labute approximate surface area is 147 Å². The maximum Gasteiger partial charge on any atom is 0.250 e. The Morgan fingerprint density at radius 1 is 1.20 bits per heavy atom. The van der Waals surface area contributed by atoms with Gasteiger partial charge in [-0.05, 0) is 37.3 Å². The second-order valence-electron chi connectivity index (χ2n) is 7.40. The number of aromatic nitrogens is 1. The van der Waals surface area contributed by atoms with Crippen molar-refractivity contribution < 1.29 is 9.59 Å². The molecule has 2 fully saturated rings. The van der Waals surface area contributed by atoms with Crippen molar-refractivity contribution in [3.63, 3.8) is 0 Å². The highest BCUT2D eigenvalue weighted by Crippen LogP contribution is 2.40. The van der Waals surface area contributed by atoms with Crippen LogP contribution in [0.4, 0.5) is 0 Å². The first-order valence-corrected chi connectivity index (χ1v) is 9.03. The Balaban J connectivity index is 1.57. The molecule has 25 heavy (non-hydrogen) atoms. The molecule has 2 atom stereocenters. The van der Waals surface area contributed by atoms with Crippen molar-refractivity contribution in [3.8, 4) is 0 Å². The maximum atomic E-state index is 12.4. The van der Waals surface area contributed by atoms with Crippen molar-refractivity contribution in [2.45, 2.75) is 32.1 Å². The minimum absolute atomic E-state index is 0.174. The number of piperidine rings is 1. The molecule has 5 heteroatoms. The van der Waals surface area contributed by atoms with Gasteiger partial charge in [0.05, 0.1) is 16.8 Å². The van der Waals surface area contributed by atoms with E-state index in [0.717, 1.165) is 48.9 Å². The zero-order valence-corrected chi connectivity index (χ0v) is 14.4. The number of rotatable bonds is 3. The lowest BCUT2D eigenvalue weighted by atomic mass is 9.89. The minimum Gasteiger partial charge on any atom is -0.366 e. The second kappa shape index (κ2) is 6.14. The molecule has 1 aromatic heterocycles. The van der Waals surface area contributed by atoms with E-state index in [1.165, 1.54) is 0 Å². The molecule has 2 aliphatic rings. The van der Waals surface area contributed by atoms with Crippen LogP contribution in [0.25, 0.3) is 10.9 Å². The summed E-state index contributed by atoms with van der Waals surface area (Å²) in [5.41, 5.74) is 7.79. The predicted molar refractivity (Wildman–Crippen MR) is 96.1 cm³/mol. The summed E-state index contributed by atoms with van der Waals surface area (Å²) >= 11 is 0. The van der Waals surface area contributed by atoms with Gasteiger partial charge in [0.2, 0.25) is 5.91 Å². The number of likely N-dealkylation sites (tertiary alicyclic amines) is 1. The molecule has 1 aliphatic carbocycles. The van der Waals surface area contributed by atoms with E-state index >= 15 is 0 Å². The van der Waals surface area contributed by atoms with Crippen LogP contribution in [0, 0.1) is 11.8 Å². The van der Waals surface area contributed by atoms with Crippen LogP contribution in [-0.4, -0.2) is 34.8 Å². The van der Waals surface area contributed by atoms with Crippen LogP contribution in [0.2, 0.25) is 0 Å². The van der Waals surface area contributed by atoms with Gasteiger partial charge >= 0.3 is 0 Å². The van der Waals surface area contributed by atoms with Crippen LogP contribution in [-0.2, 0) is 4.79 Å². The van der Waals surface area contributed by atoms with Crippen molar-refractivity contribution in [3.05, 3.63) is 41.6 Å². The molecule has 2 amide bonds. The van der Waals surface area contributed by atoms with E-state index in [9.17, 15) is 9.59 Å². The van der Waals surface area contributed by atoms with Gasteiger partial charge in [-0.25, -0.2) is 0 Å². The molecule has 2 heterocycles. The Hall–Kier alpha value is -2.43. The van der Waals surface area contributed by atoms with Crippen molar-refractivity contribution in [1.82, 2.24) is 9.88 Å². The highest BCUT2D eigenvalue weighted by Gasteiger charge is 2.42. The van der Waals surface area contributed by atoms with E-state index in [0.29, 0.717) is 17.4 Å². The molecule has 1 saturated carbocycles. The van der Waals surface area contributed by atoms with Crippen molar-refractivity contribution in [2.75, 3.05) is 13.1 Å². The van der Waals surface area contributed by atoms with Gasteiger partial charge in [0.1, 0.15) is 0 Å². The summed E-state index contributed by atoms with van der Waals surface area (Å²) in [5, 5.41) is 0.926. The highest BCUT2D eigenvalue weighted by atomic mass is 16.2. The van der Waals surface area contributed by atoms with E-state index in [2.05, 4.69) is 6.92 Å². The van der Waals surface area contributed by atoms with Gasteiger partial charge in [-0.3, -0.25) is 14.6 Å². The van der Waals surface area contributed by atoms with Crippen molar-refractivity contribution in [1.29, 1.82) is 0 Å². The molecule has 2 N–H and O–H groups in total.